The van der Waals surface area contributed by atoms with E-state index in [0.29, 0.717) is 6.04 Å². The molecule has 3 nitrogen and oxygen atoms in total. The summed E-state index contributed by atoms with van der Waals surface area (Å²) < 4.78 is 0. The summed E-state index contributed by atoms with van der Waals surface area (Å²) in [6.07, 6.45) is 8.04. The first-order valence-electron chi connectivity index (χ1n) is 7.80. The molecule has 0 aliphatic carbocycles. The van der Waals surface area contributed by atoms with Crippen molar-refractivity contribution in [3.05, 3.63) is 0 Å². The molecule has 1 rings (SSSR count). The lowest BCUT2D eigenvalue weighted by Crippen LogP contribution is -2.62. The number of piperidine rings is 1. The largest absolute Gasteiger partial charge is 0.342 e. The smallest absolute Gasteiger partial charge is 0.209 e. The van der Waals surface area contributed by atoms with Crippen LogP contribution in [0.25, 0.3) is 0 Å². The lowest BCUT2D eigenvalue weighted by Gasteiger charge is -2.49. The molecule has 0 aromatic heterocycles. The molecule has 1 saturated heterocycles. The molecule has 0 aromatic carbocycles. The van der Waals surface area contributed by atoms with Gasteiger partial charge in [-0.05, 0) is 47.0 Å². The van der Waals surface area contributed by atoms with Gasteiger partial charge in [0.15, 0.2) is 0 Å². The van der Waals surface area contributed by atoms with Gasteiger partial charge in [-0.1, -0.05) is 26.2 Å². The third-order valence-corrected chi connectivity index (χ3v) is 4.04. The van der Waals surface area contributed by atoms with Gasteiger partial charge < -0.3 is 10.2 Å². The predicted octanol–water partition coefficient (Wildman–Crippen LogP) is 3.33. The zero-order valence-electron chi connectivity index (χ0n) is 13.5. The van der Waals surface area contributed by atoms with Gasteiger partial charge in [-0.15, -0.1) is 0 Å². The topological polar surface area (TPSA) is 32.3 Å². The number of hydrogen-bond acceptors (Lipinski definition) is 2. The molecule has 1 N–H and O–H groups in total. The van der Waals surface area contributed by atoms with E-state index in [-0.39, 0.29) is 11.1 Å². The molecule has 0 atom stereocenters. The zero-order chi connectivity index (χ0) is 14.5. The maximum atomic E-state index is 11.4. The number of carbonyl (C=O) groups excluding carboxylic acids is 1. The van der Waals surface area contributed by atoms with Crippen molar-refractivity contribution in [1.29, 1.82) is 0 Å². The molecule has 19 heavy (non-hydrogen) atoms. The van der Waals surface area contributed by atoms with E-state index in [1.807, 2.05) is 4.90 Å². The van der Waals surface area contributed by atoms with E-state index < -0.39 is 0 Å². The van der Waals surface area contributed by atoms with Crippen LogP contribution in [0, 0.1) is 0 Å². The summed E-state index contributed by atoms with van der Waals surface area (Å²) in [7, 11) is 0. The number of nitrogens with zero attached hydrogens (tertiary/aromatic N) is 1. The average molecular weight is 268 g/mol. The second-order valence-electron chi connectivity index (χ2n) is 7.36. The molecule has 0 radical (unpaired) electrons. The van der Waals surface area contributed by atoms with E-state index in [2.05, 4.69) is 39.9 Å². The minimum atomic E-state index is 0.108. The number of amides is 1. The quantitative estimate of drug-likeness (QED) is 0.567. The van der Waals surface area contributed by atoms with Crippen LogP contribution in [0.1, 0.15) is 73.1 Å². The summed E-state index contributed by atoms with van der Waals surface area (Å²) in [5.74, 6) is 0. The first kappa shape index (κ1) is 16.5. The Hall–Kier alpha value is -0.570. The van der Waals surface area contributed by atoms with Gasteiger partial charge in [0.05, 0.1) is 0 Å². The Balaban J connectivity index is 2.56. The SMILES string of the molecule is CCCCCCN(C=O)C1CC(C)(C)NC(C)(C)C1. The van der Waals surface area contributed by atoms with Crippen LogP contribution in [-0.4, -0.2) is 35.0 Å². The van der Waals surface area contributed by atoms with Crippen molar-refractivity contribution in [3.63, 3.8) is 0 Å². The third kappa shape index (κ3) is 5.52. The highest BCUT2D eigenvalue weighted by Crippen LogP contribution is 2.31. The minimum Gasteiger partial charge on any atom is -0.342 e. The first-order chi connectivity index (χ1) is 8.79. The Morgan fingerprint density at radius 3 is 2.16 bits per heavy atom. The van der Waals surface area contributed by atoms with Crippen LogP contribution in [0.3, 0.4) is 0 Å². The minimum absolute atomic E-state index is 0.108. The van der Waals surface area contributed by atoms with Crippen LogP contribution in [-0.2, 0) is 4.79 Å². The maximum Gasteiger partial charge on any atom is 0.209 e. The van der Waals surface area contributed by atoms with Crippen molar-refractivity contribution in [1.82, 2.24) is 10.2 Å². The lowest BCUT2D eigenvalue weighted by atomic mass is 9.79. The fourth-order valence-corrected chi connectivity index (χ4v) is 3.55. The van der Waals surface area contributed by atoms with Crippen LogP contribution in [0.2, 0.25) is 0 Å². The molecule has 112 valence electrons. The summed E-state index contributed by atoms with van der Waals surface area (Å²) in [4.78, 5) is 13.4. The summed E-state index contributed by atoms with van der Waals surface area (Å²) >= 11 is 0. The zero-order valence-corrected chi connectivity index (χ0v) is 13.5. The second-order valence-corrected chi connectivity index (χ2v) is 7.36. The Morgan fingerprint density at radius 1 is 1.11 bits per heavy atom. The second kappa shape index (κ2) is 6.74. The van der Waals surface area contributed by atoms with Crippen molar-refractivity contribution in [2.45, 2.75) is 90.3 Å². The Labute approximate surface area is 119 Å². The number of rotatable bonds is 7. The van der Waals surface area contributed by atoms with Crippen LogP contribution >= 0.6 is 0 Å². The van der Waals surface area contributed by atoms with Crippen LogP contribution in [0.5, 0.6) is 0 Å². The molecule has 1 heterocycles. The van der Waals surface area contributed by atoms with Gasteiger partial charge in [0.25, 0.3) is 0 Å². The van der Waals surface area contributed by atoms with Crippen molar-refractivity contribution < 1.29 is 4.79 Å². The summed E-state index contributed by atoms with van der Waals surface area (Å²) in [6, 6.07) is 0.380. The van der Waals surface area contributed by atoms with E-state index >= 15 is 0 Å². The lowest BCUT2D eigenvalue weighted by molar-refractivity contribution is -0.122. The molecular weight excluding hydrogens is 236 g/mol. The number of hydrogen-bond donors (Lipinski definition) is 1. The standard InChI is InChI=1S/C16H32N2O/c1-6-7-8-9-10-18(13-19)14-11-15(2,3)17-16(4,5)12-14/h13-14,17H,6-12H2,1-5H3. The first-order valence-corrected chi connectivity index (χ1v) is 7.80. The Bertz CT molecular complexity index is 270. The predicted molar refractivity (Wildman–Crippen MR) is 81.2 cm³/mol. The molecule has 1 aliphatic heterocycles. The van der Waals surface area contributed by atoms with E-state index in [1.54, 1.807) is 0 Å². The molecule has 3 heteroatoms. The third-order valence-electron chi connectivity index (χ3n) is 4.04. The normalized spacial score (nSPS) is 22.2. The van der Waals surface area contributed by atoms with Crippen molar-refractivity contribution in [2.24, 2.45) is 0 Å². The van der Waals surface area contributed by atoms with Gasteiger partial charge in [-0.2, -0.15) is 0 Å². The van der Waals surface area contributed by atoms with E-state index in [9.17, 15) is 4.79 Å². The highest BCUT2D eigenvalue weighted by atomic mass is 16.1. The summed E-state index contributed by atoms with van der Waals surface area (Å²) in [5, 5.41) is 3.67. The monoisotopic (exact) mass is 268 g/mol. The molecule has 0 aromatic rings. The van der Waals surface area contributed by atoms with Crippen molar-refractivity contribution >= 4 is 6.41 Å². The summed E-state index contributed by atoms with van der Waals surface area (Å²) in [5.41, 5.74) is 0.216. The Kier molecular flexibility index (Phi) is 5.84. The molecule has 1 amide bonds. The maximum absolute atomic E-state index is 11.4. The van der Waals surface area contributed by atoms with Gasteiger partial charge in [0.2, 0.25) is 6.41 Å². The van der Waals surface area contributed by atoms with Gasteiger partial charge >= 0.3 is 0 Å². The van der Waals surface area contributed by atoms with Gasteiger partial charge in [-0.3, -0.25) is 4.79 Å². The average Bonchev–Trinajstić information content (AvgIpc) is 2.25. The molecule has 0 spiro atoms. The highest BCUT2D eigenvalue weighted by molar-refractivity contribution is 5.48. The summed E-state index contributed by atoms with van der Waals surface area (Å²) in [6.45, 7) is 12.1. The molecule has 1 fully saturated rings. The van der Waals surface area contributed by atoms with E-state index in [1.165, 1.54) is 19.3 Å². The van der Waals surface area contributed by atoms with Crippen molar-refractivity contribution in [3.8, 4) is 0 Å². The van der Waals surface area contributed by atoms with Gasteiger partial charge in [0.1, 0.15) is 0 Å². The van der Waals surface area contributed by atoms with Crippen LogP contribution in [0.4, 0.5) is 0 Å². The number of nitrogens with one attached hydrogen (secondary N) is 1. The van der Waals surface area contributed by atoms with Crippen LogP contribution in [0.15, 0.2) is 0 Å². The molecule has 0 saturated carbocycles. The molecule has 0 bridgehead atoms. The number of carbonyl (C=O) groups is 1. The highest BCUT2D eigenvalue weighted by Gasteiger charge is 2.39. The van der Waals surface area contributed by atoms with E-state index in [0.717, 1.165) is 32.2 Å². The Morgan fingerprint density at radius 2 is 1.68 bits per heavy atom. The van der Waals surface area contributed by atoms with E-state index in [4.69, 9.17) is 0 Å². The molecular formula is C16H32N2O. The molecule has 0 unspecified atom stereocenters. The number of unbranched alkanes of at least 4 members (excludes halogenated alkanes) is 3. The van der Waals surface area contributed by atoms with Crippen LogP contribution < -0.4 is 5.32 Å². The van der Waals surface area contributed by atoms with Crippen molar-refractivity contribution in [2.75, 3.05) is 6.54 Å². The fraction of sp³-hybridized carbons (Fsp3) is 0.938. The van der Waals surface area contributed by atoms with Gasteiger partial charge in [0, 0.05) is 23.7 Å². The van der Waals surface area contributed by atoms with Gasteiger partial charge in [-0.25, -0.2) is 0 Å². The molecule has 1 aliphatic rings. The fourth-order valence-electron chi connectivity index (χ4n) is 3.55.